The molecule has 2 nitrogen and oxygen atoms in total. The molecule has 1 aromatic rings. The lowest BCUT2D eigenvalue weighted by molar-refractivity contribution is 0.104. The second-order valence-corrected chi connectivity index (χ2v) is 3.70. The summed E-state index contributed by atoms with van der Waals surface area (Å²) in [4.78, 5) is 13.2. The van der Waals surface area contributed by atoms with E-state index in [-0.39, 0.29) is 5.56 Å². The molecular weight excluding hydrogens is 217 g/mol. The predicted molar refractivity (Wildman–Crippen MR) is 58.6 cm³/mol. The summed E-state index contributed by atoms with van der Waals surface area (Å²) < 4.78 is 13.2. The van der Waals surface area contributed by atoms with Crippen LogP contribution in [0.15, 0.2) is 30.5 Å². The number of halogens is 2. The van der Waals surface area contributed by atoms with Gasteiger partial charge in [0.25, 0.3) is 0 Å². The van der Waals surface area contributed by atoms with Crippen LogP contribution < -0.4 is 0 Å². The molecule has 0 bridgehead atoms. The van der Waals surface area contributed by atoms with Crippen LogP contribution in [0.25, 0.3) is 0 Å². The average molecular weight is 228 g/mol. The first kappa shape index (κ1) is 11.7. The summed E-state index contributed by atoms with van der Waals surface area (Å²) in [6.45, 7) is 0. The molecule has 0 amide bonds. The molecule has 0 aromatic heterocycles. The van der Waals surface area contributed by atoms with Gasteiger partial charge >= 0.3 is 0 Å². The Bertz CT molecular complexity index is 402. The zero-order valence-electron chi connectivity index (χ0n) is 8.50. The molecule has 15 heavy (non-hydrogen) atoms. The van der Waals surface area contributed by atoms with Crippen molar-refractivity contribution in [3.05, 3.63) is 46.9 Å². The molecule has 0 spiro atoms. The van der Waals surface area contributed by atoms with Crippen molar-refractivity contribution >= 4 is 17.4 Å². The summed E-state index contributed by atoms with van der Waals surface area (Å²) in [5.74, 6) is -0.962. The van der Waals surface area contributed by atoms with Crippen molar-refractivity contribution in [3.63, 3.8) is 0 Å². The topological polar surface area (TPSA) is 20.3 Å². The lowest BCUT2D eigenvalue weighted by Gasteiger charge is -2.03. The Kier molecular flexibility index (Phi) is 3.86. The van der Waals surface area contributed by atoms with Crippen molar-refractivity contribution in [2.75, 3.05) is 14.1 Å². The Balaban J connectivity index is 2.96. The van der Waals surface area contributed by atoms with E-state index in [1.54, 1.807) is 25.2 Å². The zero-order chi connectivity index (χ0) is 11.4. The zero-order valence-corrected chi connectivity index (χ0v) is 9.25. The molecule has 80 valence electrons. The number of benzene rings is 1. The lowest BCUT2D eigenvalue weighted by atomic mass is 10.1. The molecule has 0 saturated heterocycles. The van der Waals surface area contributed by atoms with Crippen molar-refractivity contribution in [2.24, 2.45) is 0 Å². The number of allylic oxidation sites excluding steroid dienone is 1. The molecular formula is C11H11ClFNO. The van der Waals surface area contributed by atoms with Crippen LogP contribution in [-0.4, -0.2) is 24.8 Å². The maximum Gasteiger partial charge on any atom is 0.190 e. The molecule has 0 fully saturated rings. The molecule has 1 aromatic carbocycles. The molecule has 0 aliphatic carbocycles. The fourth-order valence-corrected chi connectivity index (χ4v) is 1.16. The average Bonchev–Trinajstić information content (AvgIpc) is 2.18. The normalized spacial score (nSPS) is 10.7. The van der Waals surface area contributed by atoms with Gasteiger partial charge in [0.1, 0.15) is 5.82 Å². The molecule has 0 aliphatic heterocycles. The minimum Gasteiger partial charge on any atom is -0.383 e. The minimum absolute atomic E-state index is 0.0133. The quantitative estimate of drug-likeness (QED) is 0.585. The first-order valence-corrected chi connectivity index (χ1v) is 4.72. The molecule has 0 unspecified atom stereocenters. The highest BCUT2D eigenvalue weighted by molar-refractivity contribution is 6.31. The Morgan fingerprint density at radius 3 is 2.73 bits per heavy atom. The number of hydrogen-bond acceptors (Lipinski definition) is 2. The van der Waals surface area contributed by atoms with E-state index in [1.165, 1.54) is 24.3 Å². The summed E-state index contributed by atoms with van der Waals surface area (Å²) in [5.41, 5.74) is -0.0133. The summed E-state index contributed by atoms with van der Waals surface area (Å²) in [6.07, 6.45) is 2.86. The van der Waals surface area contributed by atoms with E-state index in [0.29, 0.717) is 5.02 Å². The lowest BCUT2D eigenvalue weighted by Crippen LogP contribution is -2.04. The summed E-state index contributed by atoms with van der Waals surface area (Å²) in [6, 6.07) is 3.90. The van der Waals surface area contributed by atoms with Crippen LogP contribution in [0, 0.1) is 5.82 Å². The molecule has 0 radical (unpaired) electrons. The van der Waals surface area contributed by atoms with Gasteiger partial charge in [-0.15, -0.1) is 0 Å². The molecule has 0 atom stereocenters. The van der Waals surface area contributed by atoms with Gasteiger partial charge in [0.15, 0.2) is 5.78 Å². The monoisotopic (exact) mass is 227 g/mol. The van der Waals surface area contributed by atoms with Crippen molar-refractivity contribution in [1.29, 1.82) is 0 Å². The van der Waals surface area contributed by atoms with E-state index in [1.807, 2.05) is 0 Å². The molecule has 4 heteroatoms. The van der Waals surface area contributed by atoms with Crippen molar-refractivity contribution in [2.45, 2.75) is 0 Å². The van der Waals surface area contributed by atoms with Gasteiger partial charge in [-0.2, -0.15) is 0 Å². The second kappa shape index (κ2) is 4.94. The molecule has 0 N–H and O–H groups in total. The van der Waals surface area contributed by atoms with E-state index in [2.05, 4.69) is 0 Å². The van der Waals surface area contributed by atoms with Gasteiger partial charge in [-0.3, -0.25) is 4.79 Å². The number of carbonyl (C=O) groups excluding carboxylic acids is 1. The standard InChI is InChI=1S/C11H11ClFNO/c1-14(2)6-5-11(15)9-7-8(12)3-4-10(9)13/h3-7H,1-2H3. The van der Waals surface area contributed by atoms with E-state index in [9.17, 15) is 9.18 Å². The largest absolute Gasteiger partial charge is 0.383 e. The van der Waals surface area contributed by atoms with E-state index in [4.69, 9.17) is 11.6 Å². The van der Waals surface area contributed by atoms with Crippen LogP contribution in [-0.2, 0) is 0 Å². The Morgan fingerprint density at radius 1 is 1.47 bits per heavy atom. The van der Waals surface area contributed by atoms with Gasteiger partial charge in [-0.25, -0.2) is 4.39 Å². The van der Waals surface area contributed by atoms with Gasteiger partial charge < -0.3 is 4.90 Å². The predicted octanol–water partition coefficient (Wildman–Crippen LogP) is 2.74. The van der Waals surface area contributed by atoms with Crippen molar-refractivity contribution < 1.29 is 9.18 Å². The van der Waals surface area contributed by atoms with Crippen molar-refractivity contribution in [3.8, 4) is 0 Å². The van der Waals surface area contributed by atoms with Gasteiger partial charge in [0, 0.05) is 31.4 Å². The second-order valence-electron chi connectivity index (χ2n) is 3.27. The highest BCUT2D eigenvalue weighted by atomic mass is 35.5. The summed E-state index contributed by atoms with van der Waals surface area (Å²) in [7, 11) is 3.55. The highest BCUT2D eigenvalue weighted by Gasteiger charge is 2.09. The molecule has 0 saturated carbocycles. The summed E-state index contributed by atoms with van der Waals surface area (Å²) >= 11 is 5.67. The number of carbonyl (C=O) groups is 1. The Labute approximate surface area is 93.0 Å². The molecule has 0 heterocycles. The fourth-order valence-electron chi connectivity index (χ4n) is 0.993. The maximum atomic E-state index is 13.2. The van der Waals surface area contributed by atoms with Crippen LogP contribution in [0.3, 0.4) is 0 Å². The van der Waals surface area contributed by atoms with Crippen LogP contribution >= 0.6 is 11.6 Å². The highest BCUT2D eigenvalue weighted by Crippen LogP contribution is 2.15. The number of hydrogen-bond donors (Lipinski definition) is 0. The van der Waals surface area contributed by atoms with Crippen LogP contribution in [0.1, 0.15) is 10.4 Å². The van der Waals surface area contributed by atoms with E-state index >= 15 is 0 Å². The third-order valence-corrected chi connectivity index (χ3v) is 1.95. The van der Waals surface area contributed by atoms with Crippen LogP contribution in [0.4, 0.5) is 4.39 Å². The third kappa shape index (κ3) is 3.36. The first-order chi connectivity index (χ1) is 7.00. The van der Waals surface area contributed by atoms with Crippen molar-refractivity contribution in [1.82, 2.24) is 4.90 Å². The Morgan fingerprint density at radius 2 is 2.13 bits per heavy atom. The van der Waals surface area contributed by atoms with Crippen LogP contribution in [0.2, 0.25) is 5.02 Å². The number of rotatable bonds is 3. The van der Waals surface area contributed by atoms with Crippen LogP contribution in [0.5, 0.6) is 0 Å². The molecule has 1 rings (SSSR count). The Hall–Kier alpha value is -1.35. The molecule has 0 aliphatic rings. The number of nitrogens with zero attached hydrogens (tertiary/aromatic N) is 1. The maximum absolute atomic E-state index is 13.2. The van der Waals surface area contributed by atoms with Gasteiger partial charge in [-0.1, -0.05) is 11.6 Å². The van der Waals surface area contributed by atoms with E-state index < -0.39 is 11.6 Å². The third-order valence-electron chi connectivity index (χ3n) is 1.72. The van der Waals surface area contributed by atoms with Gasteiger partial charge in [0.2, 0.25) is 0 Å². The fraction of sp³-hybridized carbons (Fsp3) is 0.182. The van der Waals surface area contributed by atoms with Gasteiger partial charge in [-0.05, 0) is 18.2 Å². The first-order valence-electron chi connectivity index (χ1n) is 4.34. The summed E-state index contributed by atoms with van der Waals surface area (Å²) in [5, 5.41) is 0.345. The number of ketones is 1. The van der Waals surface area contributed by atoms with E-state index in [0.717, 1.165) is 0 Å². The van der Waals surface area contributed by atoms with Gasteiger partial charge in [0.05, 0.1) is 5.56 Å². The SMILES string of the molecule is CN(C)C=CC(=O)c1cc(Cl)ccc1F. The minimum atomic E-state index is -0.562. The smallest absolute Gasteiger partial charge is 0.190 e.